The molecule has 1 unspecified atom stereocenters. The van der Waals surface area contributed by atoms with E-state index >= 15 is 0 Å². The third kappa shape index (κ3) is 5.75. The molecule has 0 fully saturated rings. The Bertz CT molecular complexity index is 349. The van der Waals surface area contributed by atoms with Crippen molar-refractivity contribution >= 4 is 0 Å². The van der Waals surface area contributed by atoms with Crippen molar-refractivity contribution in [2.45, 2.75) is 40.2 Å². The SMILES string of the molecule is CCC(C)CN(CC)Cc1ccccc1CCNC. The zero-order valence-electron chi connectivity index (χ0n) is 13.1. The molecule has 0 amide bonds. The fraction of sp³-hybridized carbons (Fsp3) is 0.647. The van der Waals surface area contributed by atoms with Crippen LogP contribution in [0.5, 0.6) is 0 Å². The zero-order chi connectivity index (χ0) is 14.1. The van der Waals surface area contributed by atoms with Gasteiger partial charge in [0, 0.05) is 13.1 Å². The van der Waals surface area contributed by atoms with Gasteiger partial charge in [-0.1, -0.05) is 51.5 Å². The molecule has 108 valence electrons. The van der Waals surface area contributed by atoms with E-state index in [1.165, 1.54) is 24.1 Å². The van der Waals surface area contributed by atoms with Gasteiger partial charge in [-0.15, -0.1) is 0 Å². The molecule has 0 aliphatic rings. The lowest BCUT2D eigenvalue weighted by molar-refractivity contribution is 0.237. The summed E-state index contributed by atoms with van der Waals surface area (Å²) >= 11 is 0. The Labute approximate surface area is 119 Å². The first-order valence-electron chi connectivity index (χ1n) is 7.64. The van der Waals surface area contributed by atoms with Gasteiger partial charge < -0.3 is 5.32 Å². The molecule has 0 aromatic heterocycles. The van der Waals surface area contributed by atoms with Gasteiger partial charge in [-0.2, -0.15) is 0 Å². The molecular weight excluding hydrogens is 232 g/mol. The Kier molecular flexibility index (Phi) is 7.76. The van der Waals surface area contributed by atoms with Crippen molar-refractivity contribution < 1.29 is 0 Å². The van der Waals surface area contributed by atoms with E-state index < -0.39 is 0 Å². The summed E-state index contributed by atoms with van der Waals surface area (Å²) in [6, 6.07) is 8.86. The molecule has 19 heavy (non-hydrogen) atoms. The normalized spacial score (nSPS) is 12.9. The molecule has 0 heterocycles. The lowest BCUT2D eigenvalue weighted by Gasteiger charge is -2.25. The molecule has 2 nitrogen and oxygen atoms in total. The van der Waals surface area contributed by atoms with Crippen LogP contribution in [0.25, 0.3) is 0 Å². The maximum atomic E-state index is 3.24. The molecule has 0 bridgehead atoms. The minimum Gasteiger partial charge on any atom is -0.319 e. The summed E-state index contributed by atoms with van der Waals surface area (Å²) in [5.41, 5.74) is 2.97. The second-order valence-corrected chi connectivity index (χ2v) is 5.46. The minimum atomic E-state index is 0.782. The Hall–Kier alpha value is -0.860. The molecule has 2 heteroatoms. The molecule has 1 N–H and O–H groups in total. The predicted octanol–water partition coefficient (Wildman–Crippen LogP) is 3.32. The summed E-state index contributed by atoms with van der Waals surface area (Å²) in [4.78, 5) is 2.56. The Morgan fingerprint density at radius 2 is 1.84 bits per heavy atom. The first-order chi connectivity index (χ1) is 9.21. The highest BCUT2D eigenvalue weighted by atomic mass is 15.1. The molecule has 0 aliphatic carbocycles. The number of rotatable bonds is 9. The van der Waals surface area contributed by atoms with Gasteiger partial charge in [0.1, 0.15) is 0 Å². The summed E-state index contributed by atoms with van der Waals surface area (Å²) in [5, 5.41) is 3.24. The van der Waals surface area contributed by atoms with Gasteiger partial charge in [0.15, 0.2) is 0 Å². The van der Waals surface area contributed by atoms with E-state index in [2.05, 4.69) is 55.3 Å². The van der Waals surface area contributed by atoms with Crippen molar-refractivity contribution in [1.82, 2.24) is 10.2 Å². The van der Waals surface area contributed by atoms with Crippen LogP contribution in [0.1, 0.15) is 38.3 Å². The van der Waals surface area contributed by atoms with Gasteiger partial charge in [-0.05, 0) is 43.6 Å². The van der Waals surface area contributed by atoms with Crippen LogP contribution >= 0.6 is 0 Å². The van der Waals surface area contributed by atoms with Crippen LogP contribution in [-0.4, -0.2) is 31.6 Å². The number of likely N-dealkylation sites (N-methyl/N-ethyl adjacent to an activating group) is 1. The van der Waals surface area contributed by atoms with Gasteiger partial charge in [0.05, 0.1) is 0 Å². The molecule has 0 saturated heterocycles. The molecule has 1 atom stereocenters. The summed E-state index contributed by atoms with van der Waals surface area (Å²) < 4.78 is 0. The highest BCUT2D eigenvalue weighted by Gasteiger charge is 2.10. The van der Waals surface area contributed by atoms with Crippen LogP contribution < -0.4 is 5.32 Å². The number of hydrogen-bond donors (Lipinski definition) is 1. The molecule has 1 aromatic rings. The highest BCUT2D eigenvalue weighted by molar-refractivity contribution is 5.27. The maximum absolute atomic E-state index is 3.24. The molecule has 0 spiro atoms. The van der Waals surface area contributed by atoms with Crippen LogP contribution in [0.4, 0.5) is 0 Å². The van der Waals surface area contributed by atoms with Crippen molar-refractivity contribution in [3.05, 3.63) is 35.4 Å². The van der Waals surface area contributed by atoms with Gasteiger partial charge in [-0.25, -0.2) is 0 Å². The van der Waals surface area contributed by atoms with Gasteiger partial charge in [0.2, 0.25) is 0 Å². The van der Waals surface area contributed by atoms with Crippen molar-refractivity contribution in [2.24, 2.45) is 5.92 Å². The van der Waals surface area contributed by atoms with E-state index in [1.54, 1.807) is 0 Å². The Balaban J connectivity index is 2.67. The number of benzene rings is 1. The molecule has 1 aromatic carbocycles. The third-order valence-corrected chi connectivity index (χ3v) is 3.87. The average molecular weight is 262 g/mol. The Morgan fingerprint density at radius 3 is 2.42 bits per heavy atom. The topological polar surface area (TPSA) is 15.3 Å². The molecule has 0 saturated carbocycles. The van der Waals surface area contributed by atoms with E-state index in [9.17, 15) is 0 Å². The van der Waals surface area contributed by atoms with Crippen LogP contribution in [-0.2, 0) is 13.0 Å². The van der Waals surface area contributed by atoms with Gasteiger partial charge in [-0.3, -0.25) is 4.90 Å². The average Bonchev–Trinajstić information content (AvgIpc) is 2.45. The fourth-order valence-corrected chi connectivity index (χ4v) is 2.33. The van der Waals surface area contributed by atoms with Gasteiger partial charge in [0.25, 0.3) is 0 Å². The van der Waals surface area contributed by atoms with Crippen molar-refractivity contribution in [2.75, 3.05) is 26.7 Å². The summed E-state index contributed by atoms with van der Waals surface area (Å²) in [6.07, 6.45) is 2.38. The van der Waals surface area contributed by atoms with E-state index in [4.69, 9.17) is 0 Å². The fourth-order valence-electron chi connectivity index (χ4n) is 2.33. The van der Waals surface area contributed by atoms with E-state index in [0.717, 1.165) is 32.0 Å². The standard InChI is InChI=1S/C17H30N2/c1-5-15(3)13-19(6-2)14-17-10-8-7-9-16(17)11-12-18-4/h7-10,15,18H,5-6,11-14H2,1-4H3. The highest BCUT2D eigenvalue weighted by Crippen LogP contribution is 2.14. The van der Waals surface area contributed by atoms with Crippen molar-refractivity contribution in [1.29, 1.82) is 0 Å². The van der Waals surface area contributed by atoms with Crippen LogP contribution in [0.2, 0.25) is 0 Å². The van der Waals surface area contributed by atoms with Gasteiger partial charge >= 0.3 is 0 Å². The first kappa shape index (κ1) is 16.2. The van der Waals surface area contributed by atoms with Crippen molar-refractivity contribution in [3.8, 4) is 0 Å². The van der Waals surface area contributed by atoms with E-state index in [0.29, 0.717) is 0 Å². The van der Waals surface area contributed by atoms with E-state index in [1.807, 2.05) is 7.05 Å². The second-order valence-electron chi connectivity index (χ2n) is 5.46. The largest absolute Gasteiger partial charge is 0.319 e. The lowest BCUT2D eigenvalue weighted by atomic mass is 10.0. The summed E-state index contributed by atoms with van der Waals surface area (Å²) in [7, 11) is 2.02. The number of nitrogens with zero attached hydrogens (tertiary/aromatic N) is 1. The maximum Gasteiger partial charge on any atom is 0.0236 e. The second kappa shape index (κ2) is 9.11. The monoisotopic (exact) mass is 262 g/mol. The van der Waals surface area contributed by atoms with E-state index in [-0.39, 0.29) is 0 Å². The zero-order valence-corrected chi connectivity index (χ0v) is 13.1. The smallest absolute Gasteiger partial charge is 0.0236 e. The predicted molar refractivity (Wildman–Crippen MR) is 84.5 cm³/mol. The third-order valence-electron chi connectivity index (χ3n) is 3.87. The number of nitrogens with one attached hydrogen (secondary N) is 1. The minimum absolute atomic E-state index is 0.782. The molecule has 0 radical (unpaired) electrons. The quantitative estimate of drug-likeness (QED) is 0.734. The molecule has 0 aliphatic heterocycles. The van der Waals surface area contributed by atoms with Crippen LogP contribution in [0.15, 0.2) is 24.3 Å². The first-order valence-corrected chi connectivity index (χ1v) is 7.64. The Morgan fingerprint density at radius 1 is 1.16 bits per heavy atom. The lowest BCUT2D eigenvalue weighted by Crippen LogP contribution is -2.28. The number of hydrogen-bond acceptors (Lipinski definition) is 2. The van der Waals surface area contributed by atoms with Crippen LogP contribution in [0.3, 0.4) is 0 Å². The summed E-state index contributed by atoms with van der Waals surface area (Å²) in [6.45, 7) is 11.3. The van der Waals surface area contributed by atoms with Crippen molar-refractivity contribution in [3.63, 3.8) is 0 Å². The molecular formula is C17H30N2. The summed E-state index contributed by atoms with van der Waals surface area (Å²) in [5.74, 6) is 0.782. The molecule has 1 rings (SSSR count). The van der Waals surface area contributed by atoms with Crippen LogP contribution in [0, 0.1) is 5.92 Å².